The molecule has 2 rings (SSSR count). The van der Waals surface area contributed by atoms with Crippen molar-refractivity contribution in [1.29, 1.82) is 0 Å². The summed E-state index contributed by atoms with van der Waals surface area (Å²) in [5.74, 6) is -0.0467. The molecule has 2 aromatic rings. The number of nitrogen functional groups attached to an aromatic ring is 1. The Morgan fingerprint density at radius 1 is 1.44 bits per heavy atom. The zero-order chi connectivity index (χ0) is 11.7. The van der Waals surface area contributed by atoms with Gasteiger partial charge >= 0.3 is 0 Å². The normalized spacial score (nSPS) is 12.0. The zero-order valence-electron chi connectivity index (χ0n) is 8.61. The van der Waals surface area contributed by atoms with Gasteiger partial charge in [-0.3, -0.25) is 0 Å². The monoisotopic (exact) mass is 219 g/mol. The van der Waals surface area contributed by atoms with Crippen LogP contribution in [0.5, 0.6) is 0 Å². The van der Waals surface area contributed by atoms with E-state index in [0.29, 0.717) is 27.9 Å². The summed E-state index contributed by atoms with van der Waals surface area (Å²) in [5, 5.41) is 13.0. The number of hydrogen-bond acceptors (Lipinski definition) is 4. The lowest BCUT2D eigenvalue weighted by atomic mass is 10.0. The van der Waals surface area contributed by atoms with Crippen molar-refractivity contribution < 1.29 is 9.60 Å². The van der Waals surface area contributed by atoms with Gasteiger partial charge in [-0.2, -0.15) is 0 Å². The van der Waals surface area contributed by atoms with E-state index in [2.05, 4.69) is 10.1 Å². The molecular weight excluding hydrogens is 209 g/mol. The number of hydrogen-bond donors (Lipinski definition) is 2. The van der Waals surface area contributed by atoms with Crippen LogP contribution in [0.4, 0.5) is 10.2 Å². The molecule has 82 valence electrons. The van der Waals surface area contributed by atoms with E-state index in [-0.39, 0.29) is 5.82 Å². The van der Waals surface area contributed by atoms with Crippen LogP contribution in [-0.2, 0) is 0 Å². The van der Waals surface area contributed by atoms with Crippen LogP contribution >= 0.6 is 0 Å². The second-order valence-electron chi connectivity index (χ2n) is 3.43. The van der Waals surface area contributed by atoms with Gasteiger partial charge in [-0.25, -0.2) is 9.37 Å². The van der Waals surface area contributed by atoms with Crippen LogP contribution in [0.25, 0.3) is 10.8 Å². The van der Waals surface area contributed by atoms with Crippen molar-refractivity contribution in [3.63, 3.8) is 0 Å². The van der Waals surface area contributed by atoms with Gasteiger partial charge in [0.25, 0.3) is 0 Å². The Hall–Kier alpha value is -2.17. The molecule has 4 nitrogen and oxygen atoms in total. The number of rotatable bonds is 1. The van der Waals surface area contributed by atoms with Gasteiger partial charge in [0.1, 0.15) is 11.6 Å². The molecule has 0 unspecified atom stereocenters. The van der Waals surface area contributed by atoms with Crippen molar-refractivity contribution in [3.8, 4) is 0 Å². The molecule has 0 amide bonds. The first-order valence-electron chi connectivity index (χ1n) is 4.66. The Morgan fingerprint density at radius 2 is 2.19 bits per heavy atom. The van der Waals surface area contributed by atoms with Crippen molar-refractivity contribution in [2.75, 3.05) is 5.73 Å². The fourth-order valence-electron chi connectivity index (χ4n) is 1.58. The molecule has 0 radical (unpaired) electrons. The number of pyridine rings is 1. The number of benzene rings is 1. The molecule has 1 aromatic carbocycles. The SMILES string of the molecule is C/C(=N\O)c1cnc(N)c2ccc(F)cc12. The highest BCUT2D eigenvalue weighted by atomic mass is 19.1. The molecule has 5 heteroatoms. The topological polar surface area (TPSA) is 71.5 Å². The Labute approximate surface area is 91.2 Å². The molecule has 0 saturated heterocycles. The predicted octanol–water partition coefficient (Wildman–Crippen LogP) is 2.15. The summed E-state index contributed by atoms with van der Waals surface area (Å²) in [6.07, 6.45) is 1.46. The number of anilines is 1. The molecule has 0 atom stereocenters. The minimum absolute atomic E-state index is 0.324. The Morgan fingerprint density at radius 3 is 2.88 bits per heavy atom. The number of fused-ring (bicyclic) bond motifs is 1. The van der Waals surface area contributed by atoms with Crippen LogP contribution in [0.1, 0.15) is 12.5 Å². The maximum absolute atomic E-state index is 13.2. The maximum atomic E-state index is 13.2. The molecule has 0 saturated carbocycles. The third-order valence-corrected chi connectivity index (χ3v) is 2.42. The molecule has 0 aliphatic rings. The van der Waals surface area contributed by atoms with Gasteiger partial charge in [0.05, 0.1) is 5.71 Å². The van der Waals surface area contributed by atoms with Gasteiger partial charge in [-0.15, -0.1) is 0 Å². The first-order chi connectivity index (χ1) is 7.63. The predicted molar refractivity (Wildman–Crippen MR) is 60.1 cm³/mol. The minimum atomic E-state index is -0.370. The summed E-state index contributed by atoms with van der Waals surface area (Å²) in [5.41, 5.74) is 6.61. The number of aromatic nitrogens is 1. The van der Waals surface area contributed by atoms with E-state index in [4.69, 9.17) is 10.9 Å². The van der Waals surface area contributed by atoms with Crippen LogP contribution in [0.15, 0.2) is 29.6 Å². The first kappa shape index (κ1) is 10.4. The van der Waals surface area contributed by atoms with Crippen LogP contribution in [0, 0.1) is 5.82 Å². The van der Waals surface area contributed by atoms with Crippen LogP contribution < -0.4 is 5.73 Å². The van der Waals surface area contributed by atoms with Gasteiger partial charge in [-0.05, 0) is 30.5 Å². The third kappa shape index (κ3) is 1.56. The maximum Gasteiger partial charge on any atom is 0.131 e. The smallest absolute Gasteiger partial charge is 0.131 e. The number of oxime groups is 1. The average Bonchev–Trinajstić information content (AvgIpc) is 2.28. The highest BCUT2D eigenvalue weighted by molar-refractivity contribution is 6.11. The van der Waals surface area contributed by atoms with Crippen molar-refractivity contribution in [2.24, 2.45) is 5.16 Å². The largest absolute Gasteiger partial charge is 0.411 e. The molecule has 1 heterocycles. The standard InChI is InChI=1S/C11H10FN3O/c1-6(15-16)10-5-14-11(13)8-3-2-7(12)4-9(8)10/h2-5,16H,1H3,(H2,13,14)/b15-6+. The van der Waals surface area contributed by atoms with Gasteiger partial charge in [0.2, 0.25) is 0 Å². The van der Waals surface area contributed by atoms with E-state index in [1.54, 1.807) is 13.0 Å². The Kier molecular flexibility index (Phi) is 2.44. The lowest BCUT2D eigenvalue weighted by molar-refractivity contribution is 0.319. The summed E-state index contributed by atoms with van der Waals surface area (Å²) >= 11 is 0. The van der Waals surface area contributed by atoms with Crippen molar-refractivity contribution in [1.82, 2.24) is 4.98 Å². The highest BCUT2D eigenvalue weighted by Gasteiger charge is 2.09. The van der Waals surface area contributed by atoms with E-state index in [9.17, 15) is 4.39 Å². The van der Waals surface area contributed by atoms with Crippen molar-refractivity contribution in [2.45, 2.75) is 6.92 Å². The quantitative estimate of drug-likeness (QED) is 0.438. The van der Waals surface area contributed by atoms with Gasteiger partial charge in [0, 0.05) is 17.1 Å². The van der Waals surface area contributed by atoms with E-state index < -0.39 is 0 Å². The van der Waals surface area contributed by atoms with Gasteiger partial charge in [0.15, 0.2) is 0 Å². The summed E-state index contributed by atoms with van der Waals surface area (Å²) in [6, 6.07) is 4.22. The summed E-state index contributed by atoms with van der Waals surface area (Å²) < 4.78 is 13.2. The fourth-order valence-corrected chi connectivity index (χ4v) is 1.58. The molecular formula is C11H10FN3O. The summed E-state index contributed by atoms with van der Waals surface area (Å²) in [6.45, 7) is 1.61. The Bertz CT molecular complexity index is 581. The molecule has 3 N–H and O–H groups in total. The van der Waals surface area contributed by atoms with E-state index in [1.165, 1.54) is 18.3 Å². The second kappa shape index (κ2) is 3.77. The van der Waals surface area contributed by atoms with Gasteiger partial charge < -0.3 is 10.9 Å². The van der Waals surface area contributed by atoms with Crippen LogP contribution in [0.3, 0.4) is 0 Å². The average molecular weight is 219 g/mol. The summed E-state index contributed by atoms with van der Waals surface area (Å²) in [7, 11) is 0. The number of nitrogens with two attached hydrogens (primary N) is 1. The van der Waals surface area contributed by atoms with Crippen molar-refractivity contribution >= 4 is 22.3 Å². The zero-order valence-corrected chi connectivity index (χ0v) is 8.61. The molecule has 0 bridgehead atoms. The van der Waals surface area contributed by atoms with E-state index in [0.717, 1.165) is 0 Å². The lowest BCUT2D eigenvalue weighted by Crippen LogP contribution is -2.01. The molecule has 0 aliphatic heterocycles. The number of nitrogens with zero attached hydrogens (tertiary/aromatic N) is 2. The van der Waals surface area contributed by atoms with Crippen LogP contribution in [0.2, 0.25) is 0 Å². The molecule has 0 aliphatic carbocycles. The highest BCUT2D eigenvalue weighted by Crippen LogP contribution is 2.24. The Balaban J connectivity index is 2.86. The van der Waals surface area contributed by atoms with Crippen LogP contribution in [-0.4, -0.2) is 15.9 Å². The van der Waals surface area contributed by atoms with E-state index >= 15 is 0 Å². The molecule has 1 aromatic heterocycles. The van der Waals surface area contributed by atoms with E-state index in [1.807, 2.05) is 0 Å². The first-order valence-corrected chi connectivity index (χ1v) is 4.66. The minimum Gasteiger partial charge on any atom is -0.411 e. The summed E-state index contributed by atoms with van der Waals surface area (Å²) in [4.78, 5) is 3.97. The number of halogens is 1. The second-order valence-corrected chi connectivity index (χ2v) is 3.43. The molecule has 16 heavy (non-hydrogen) atoms. The van der Waals surface area contributed by atoms with Gasteiger partial charge in [-0.1, -0.05) is 5.16 Å². The van der Waals surface area contributed by atoms with Crippen molar-refractivity contribution in [3.05, 3.63) is 35.8 Å². The third-order valence-electron chi connectivity index (χ3n) is 2.42. The molecule has 0 fully saturated rings. The molecule has 0 spiro atoms. The lowest BCUT2D eigenvalue weighted by Gasteiger charge is -2.06. The fraction of sp³-hybridized carbons (Fsp3) is 0.0909.